The first-order valence-corrected chi connectivity index (χ1v) is 11.1. The van der Waals surface area contributed by atoms with E-state index in [1.165, 1.54) is 29.7 Å². The lowest BCUT2D eigenvalue weighted by atomic mass is 9.84. The van der Waals surface area contributed by atoms with E-state index in [9.17, 15) is 19.7 Å². The minimum atomic E-state index is -0.672. The number of nitrogens with one attached hydrogen (secondary N) is 1. The summed E-state index contributed by atoms with van der Waals surface area (Å²) in [5.74, 6) is -0.288. The number of aromatic nitrogens is 1. The summed E-state index contributed by atoms with van der Waals surface area (Å²) in [6.07, 6.45) is 7.55. The van der Waals surface area contributed by atoms with Crippen molar-refractivity contribution < 1.29 is 14.5 Å². The van der Waals surface area contributed by atoms with Gasteiger partial charge in [-0.3, -0.25) is 19.7 Å². The van der Waals surface area contributed by atoms with Crippen LogP contribution in [0.4, 0.5) is 10.8 Å². The van der Waals surface area contributed by atoms with Crippen LogP contribution < -0.4 is 5.32 Å². The first-order chi connectivity index (χ1) is 14.4. The number of anilines is 1. The second-order valence-corrected chi connectivity index (χ2v) is 9.41. The van der Waals surface area contributed by atoms with Crippen molar-refractivity contribution in [3.63, 3.8) is 0 Å². The van der Waals surface area contributed by atoms with Crippen LogP contribution in [0.2, 0.25) is 4.34 Å². The van der Waals surface area contributed by atoms with E-state index in [0.717, 1.165) is 37.0 Å². The molecule has 2 aromatic rings. The Bertz CT molecular complexity index is 989. The maximum absolute atomic E-state index is 13.2. The van der Waals surface area contributed by atoms with Crippen molar-refractivity contribution in [2.75, 3.05) is 5.32 Å². The van der Waals surface area contributed by atoms with Crippen molar-refractivity contribution in [2.45, 2.75) is 51.1 Å². The van der Waals surface area contributed by atoms with Gasteiger partial charge in [-0.1, -0.05) is 55.0 Å². The number of nitrogens with zero attached hydrogens (tertiary/aromatic N) is 3. The van der Waals surface area contributed by atoms with Gasteiger partial charge >= 0.3 is 0 Å². The van der Waals surface area contributed by atoms with Crippen molar-refractivity contribution in [3.8, 4) is 0 Å². The molecule has 1 aromatic heterocycles. The van der Waals surface area contributed by atoms with Crippen LogP contribution in [0.15, 0.2) is 24.4 Å². The third-order valence-electron chi connectivity index (χ3n) is 5.80. The minimum Gasteiger partial charge on any atom is -0.322 e. The summed E-state index contributed by atoms with van der Waals surface area (Å²) in [4.78, 5) is 42.5. The summed E-state index contributed by atoms with van der Waals surface area (Å²) in [7, 11) is 0. The fraction of sp³-hybridized carbons (Fsp3) is 0.450. The average molecular weight is 449 g/mol. The fourth-order valence-corrected chi connectivity index (χ4v) is 5.11. The van der Waals surface area contributed by atoms with Crippen LogP contribution in [0.1, 0.15) is 54.4 Å². The van der Waals surface area contributed by atoms with Gasteiger partial charge in [0.25, 0.3) is 11.6 Å². The van der Waals surface area contributed by atoms with Gasteiger partial charge in [0.2, 0.25) is 5.91 Å². The lowest BCUT2D eigenvalue weighted by Gasteiger charge is -2.31. The summed E-state index contributed by atoms with van der Waals surface area (Å²) < 4.78 is 0.464. The number of nitro groups is 1. The third kappa shape index (κ3) is 4.32. The first-order valence-electron chi connectivity index (χ1n) is 9.93. The Kier molecular flexibility index (Phi) is 6.01. The fourth-order valence-electron chi connectivity index (χ4n) is 4.29. The minimum absolute atomic E-state index is 0.130. The van der Waals surface area contributed by atoms with Gasteiger partial charge in [-0.25, -0.2) is 4.98 Å². The van der Waals surface area contributed by atoms with Crippen molar-refractivity contribution >= 4 is 45.6 Å². The number of benzene rings is 1. The molecule has 2 aliphatic rings. The number of rotatable bonds is 6. The Labute approximate surface area is 182 Å². The van der Waals surface area contributed by atoms with Crippen molar-refractivity contribution in [2.24, 2.45) is 5.92 Å². The molecule has 0 spiro atoms. The largest absolute Gasteiger partial charge is 0.322 e. The molecule has 0 saturated heterocycles. The summed E-state index contributed by atoms with van der Waals surface area (Å²) in [6.45, 7) is 0.260. The molecule has 30 heavy (non-hydrogen) atoms. The van der Waals surface area contributed by atoms with E-state index in [1.807, 2.05) is 0 Å². The van der Waals surface area contributed by atoms with Crippen molar-refractivity contribution in [1.29, 1.82) is 0 Å². The Balaban J connectivity index is 1.58. The van der Waals surface area contributed by atoms with Gasteiger partial charge in [0.15, 0.2) is 5.13 Å². The van der Waals surface area contributed by atoms with Gasteiger partial charge in [0.05, 0.1) is 16.7 Å². The molecular weight excluding hydrogens is 428 g/mol. The maximum Gasteiger partial charge on any atom is 0.270 e. The maximum atomic E-state index is 13.2. The molecule has 8 nitrogen and oxygen atoms in total. The van der Waals surface area contributed by atoms with E-state index in [0.29, 0.717) is 32.9 Å². The summed E-state index contributed by atoms with van der Waals surface area (Å²) >= 11 is 7.08. The molecule has 1 aromatic carbocycles. The Morgan fingerprint density at radius 3 is 2.80 bits per heavy atom. The molecule has 1 aliphatic carbocycles. The number of thiazole rings is 1. The highest BCUT2D eigenvalue weighted by Crippen LogP contribution is 2.34. The number of amides is 2. The Morgan fingerprint density at radius 1 is 1.37 bits per heavy atom. The van der Waals surface area contributed by atoms with Crippen molar-refractivity contribution in [3.05, 3.63) is 50.0 Å². The van der Waals surface area contributed by atoms with Crippen LogP contribution >= 0.6 is 22.9 Å². The number of nitro benzene ring substituents is 1. The molecule has 1 fully saturated rings. The van der Waals surface area contributed by atoms with E-state index in [4.69, 9.17) is 11.6 Å². The van der Waals surface area contributed by atoms with Crippen LogP contribution in [0, 0.1) is 16.0 Å². The lowest BCUT2D eigenvalue weighted by molar-refractivity contribution is -0.384. The predicted molar refractivity (Wildman–Crippen MR) is 114 cm³/mol. The molecular formula is C20H21ClN4O4S. The van der Waals surface area contributed by atoms with Gasteiger partial charge in [-0.15, -0.1) is 0 Å². The Hall–Kier alpha value is -2.52. The van der Waals surface area contributed by atoms with E-state index < -0.39 is 11.0 Å². The molecule has 158 valence electrons. The summed E-state index contributed by atoms with van der Waals surface area (Å²) in [5.41, 5.74) is 0.863. The standard InChI is InChI=1S/C20H21ClN4O4S/c21-17-10-22-20(30-17)23-18(26)16(8-12-4-2-1-3-5-12)24-11-13-6-7-14(25(28)29)9-15(13)19(24)27/h6-7,9-10,12,16H,1-5,8,11H2,(H,22,23,26)/t16-/m0/s1. The Morgan fingerprint density at radius 2 is 2.13 bits per heavy atom. The van der Waals surface area contributed by atoms with Gasteiger partial charge in [-0.2, -0.15) is 0 Å². The zero-order valence-corrected chi connectivity index (χ0v) is 17.7. The molecule has 4 rings (SSSR count). The molecule has 10 heteroatoms. The monoisotopic (exact) mass is 448 g/mol. The van der Waals surface area contributed by atoms with Crippen LogP contribution in [0.3, 0.4) is 0 Å². The molecule has 0 unspecified atom stereocenters. The normalized spacial score (nSPS) is 17.6. The van der Waals surface area contributed by atoms with E-state index in [2.05, 4.69) is 10.3 Å². The molecule has 0 radical (unpaired) electrons. The number of hydrogen-bond donors (Lipinski definition) is 1. The zero-order valence-electron chi connectivity index (χ0n) is 16.2. The molecule has 1 aliphatic heterocycles. The van der Waals surface area contributed by atoms with Gasteiger partial charge < -0.3 is 10.2 Å². The molecule has 1 saturated carbocycles. The van der Waals surface area contributed by atoms with E-state index in [-0.39, 0.29) is 24.0 Å². The smallest absolute Gasteiger partial charge is 0.270 e. The summed E-state index contributed by atoms with van der Waals surface area (Å²) in [6, 6.07) is 3.62. The average Bonchev–Trinajstić information content (AvgIpc) is 3.29. The predicted octanol–water partition coefficient (Wildman–Crippen LogP) is 4.64. The van der Waals surface area contributed by atoms with Gasteiger partial charge in [-0.05, 0) is 24.0 Å². The van der Waals surface area contributed by atoms with Crippen LogP contribution in [-0.4, -0.2) is 32.7 Å². The number of non-ortho nitro benzene ring substituents is 1. The number of carbonyl (C=O) groups excluding carboxylic acids is 2. The third-order valence-corrected chi connectivity index (χ3v) is 6.83. The topological polar surface area (TPSA) is 105 Å². The first kappa shape index (κ1) is 20.7. The zero-order chi connectivity index (χ0) is 21.3. The van der Waals surface area contributed by atoms with Crippen LogP contribution in [0.25, 0.3) is 0 Å². The summed E-state index contributed by atoms with van der Waals surface area (Å²) in [5, 5.41) is 14.3. The molecule has 2 heterocycles. The highest BCUT2D eigenvalue weighted by atomic mass is 35.5. The van der Waals surface area contributed by atoms with Crippen LogP contribution in [0.5, 0.6) is 0 Å². The number of hydrogen-bond acceptors (Lipinski definition) is 6. The molecule has 0 bridgehead atoms. The highest BCUT2D eigenvalue weighted by Gasteiger charge is 2.38. The number of carbonyl (C=O) groups is 2. The van der Waals surface area contributed by atoms with E-state index in [1.54, 1.807) is 6.07 Å². The van der Waals surface area contributed by atoms with Gasteiger partial charge in [0.1, 0.15) is 10.4 Å². The second-order valence-electron chi connectivity index (χ2n) is 7.75. The number of fused-ring (bicyclic) bond motifs is 1. The van der Waals surface area contributed by atoms with Crippen LogP contribution in [-0.2, 0) is 11.3 Å². The highest BCUT2D eigenvalue weighted by molar-refractivity contribution is 7.19. The lowest BCUT2D eigenvalue weighted by Crippen LogP contribution is -2.45. The SMILES string of the molecule is O=C(Nc1ncc(Cl)s1)[C@H](CC1CCCCC1)N1Cc2ccc([N+](=O)[O-])cc2C1=O. The molecule has 2 amide bonds. The molecule has 1 atom stereocenters. The van der Waals surface area contributed by atoms with Gasteiger partial charge in [0, 0.05) is 18.7 Å². The quantitative estimate of drug-likeness (QED) is 0.512. The van der Waals surface area contributed by atoms with Crippen molar-refractivity contribution in [1.82, 2.24) is 9.88 Å². The molecule has 1 N–H and O–H groups in total. The number of halogens is 1. The second kappa shape index (κ2) is 8.69. The van der Waals surface area contributed by atoms with E-state index >= 15 is 0 Å².